The van der Waals surface area contributed by atoms with E-state index in [4.69, 9.17) is 27.9 Å². The fourth-order valence-corrected chi connectivity index (χ4v) is 5.39. The lowest BCUT2D eigenvalue weighted by molar-refractivity contribution is 0.414. The van der Waals surface area contributed by atoms with Crippen LogP contribution in [0.3, 0.4) is 0 Å². The Balaban J connectivity index is 2.15. The van der Waals surface area contributed by atoms with Crippen LogP contribution in [0.1, 0.15) is 12.5 Å². The fraction of sp³-hybridized carbons (Fsp3) is 0.250. The van der Waals surface area contributed by atoms with Crippen LogP contribution in [-0.4, -0.2) is 21.6 Å². The molecule has 1 heterocycles. The smallest absolute Gasteiger partial charge is 0.266 e. The van der Waals surface area contributed by atoms with Gasteiger partial charge in [0, 0.05) is 6.04 Å². The van der Waals surface area contributed by atoms with Gasteiger partial charge in [-0.25, -0.2) is 8.42 Å². The molecule has 2 aromatic rings. The van der Waals surface area contributed by atoms with Crippen LogP contribution in [0, 0.1) is 0 Å². The van der Waals surface area contributed by atoms with Crippen molar-refractivity contribution < 1.29 is 13.2 Å². The second-order valence-corrected chi connectivity index (χ2v) is 7.92. The van der Waals surface area contributed by atoms with Crippen LogP contribution in [0.25, 0.3) is 0 Å². The first-order chi connectivity index (χ1) is 10.9. The van der Waals surface area contributed by atoms with Gasteiger partial charge in [-0.3, -0.25) is 4.31 Å². The Bertz CT molecular complexity index is 868. The highest BCUT2D eigenvalue weighted by Gasteiger charge is 2.37. The zero-order valence-electron chi connectivity index (χ0n) is 12.6. The number of hydrogen-bond donors (Lipinski definition) is 0. The number of methoxy groups -OCH3 is 1. The SMILES string of the molecule is COc1ccc(S(=O)(=O)N2c3ccccc3C[C@@H]2C)c(Cl)c1Cl. The first-order valence-electron chi connectivity index (χ1n) is 7.02. The van der Waals surface area contributed by atoms with E-state index in [1.54, 1.807) is 6.07 Å². The Morgan fingerprint density at radius 1 is 1.13 bits per heavy atom. The first-order valence-corrected chi connectivity index (χ1v) is 9.22. The van der Waals surface area contributed by atoms with Crippen molar-refractivity contribution in [1.82, 2.24) is 0 Å². The Hall–Kier alpha value is -1.43. The molecule has 1 atom stereocenters. The summed E-state index contributed by atoms with van der Waals surface area (Å²) in [6, 6.07) is 10.2. The number of nitrogens with zero attached hydrogens (tertiary/aromatic N) is 1. The summed E-state index contributed by atoms with van der Waals surface area (Å²) in [7, 11) is -2.37. The zero-order valence-corrected chi connectivity index (χ0v) is 14.9. The maximum absolute atomic E-state index is 13.1. The van der Waals surface area contributed by atoms with E-state index in [9.17, 15) is 8.42 Å². The lowest BCUT2D eigenvalue weighted by Crippen LogP contribution is -2.35. The maximum Gasteiger partial charge on any atom is 0.266 e. The van der Waals surface area contributed by atoms with Gasteiger partial charge < -0.3 is 4.74 Å². The van der Waals surface area contributed by atoms with Gasteiger partial charge in [-0.2, -0.15) is 0 Å². The van der Waals surface area contributed by atoms with Crippen molar-refractivity contribution >= 4 is 38.9 Å². The van der Waals surface area contributed by atoms with Crippen LogP contribution in [0.4, 0.5) is 5.69 Å². The molecule has 0 aliphatic carbocycles. The van der Waals surface area contributed by atoms with Gasteiger partial charge in [0.05, 0.1) is 17.8 Å². The molecule has 0 saturated heterocycles. The van der Waals surface area contributed by atoms with Crippen LogP contribution >= 0.6 is 23.2 Å². The molecule has 0 radical (unpaired) electrons. The third kappa shape index (κ3) is 2.57. The van der Waals surface area contributed by atoms with E-state index in [-0.39, 0.29) is 21.0 Å². The van der Waals surface area contributed by atoms with E-state index < -0.39 is 10.0 Å². The van der Waals surface area contributed by atoms with E-state index in [0.717, 1.165) is 5.56 Å². The maximum atomic E-state index is 13.1. The number of ether oxygens (including phenoxy) is 1. The van der Waals surface area contributed by atoms with Crippen molar-refractivity contribution in [1.29, 1.82) is 0 Å². The average molecular weight is 372 g/mol. The van der Waals surface area contributed by atoms with Crippen molar-refractivity contribution in [3.63, 3.8) is 0 Å². The van der Waals surface area contributed by atoms with Crippen LogP contribution in [0.5, 0.6) is 5.75 Å². The highest BCUT2D eigenvalue weighted by molar-refractivity contribution is 7.93. The van der Waals surface area contributed by atoms with Crippen molar-refractivity contribution in [2.45, 2.75) is 24.3 Å². The molecule has 1 aliphatic heterocycles. The van der Waals surface area contributed by atoms with Crippen molar-refractivity contribution in [2.75, 3.05) is 11.4 Å². The van der Waals surface area contributed by atoms with Crippen LogP contribution in [0.2, 0.25) is 10.0 Å². The topological polar surface area (TPSA) is 46.6 Å². The van der Waals surface area contributed by atoms with E-state index in [1.807, 2.05) is 25.1 Å². The number of rotatable bonds is 3. The number of anilines is 1. The van der Waals surface area contributed by atoms with Crippen molar-refractivity contribution in [3.8, 4) is 5.75 Å². The van der Waals surface area contributed by atoms with Crippen molar-refractivity contribution in [3.05, 3.63) is 52.0 Å². The summed E-state index contributed by atoms with van der Waals surface area (Å²) in [6.45, 7) is 1.87. The summed E-state index contributed by atoms with van der Waals surface area (Å²) in [4.78, 5) is -0.0199. The van der Waals surface area contributed by atoms with Crippen LogP contribution in [-0.2, 0) is 16.4 Å². The summed E-state index contributed by atoms with van der Waals surface area (Å²) < 4.78 is 32.7. The van der Waals surface area contributed by atoms with E-state index in [0.29, 0.717) is 17.9 Å². The molecule has 0 amide bonds. The van der Waals surface area contributed by atoms with Gasteiger partial charge in [-0.15, -0.1) is 0 Å². The van der Waals surface area contributed by atoms with Gasteiger partial charge >= 0.3 is 0 Å². The van der Waals surface area contributed by atoms with Gasteiger partial charge in [-0.05, 0) is 37.1 Å². The predicted octanol–water partition coefficient (Wildman–Crippen LogP) is 4.14. The molecule has 0 aromatic heterocycles. The molecular weight excluding hydrogens is 357 g/mol. The summed E-state index contributed by atoms with van der Waals surface area (Å²) >= 11 is 12.3. The normalized spacial score (nSPS) is 17.2. The Morgan fingerprint density at radius 2 is 1.83 bits per heavy atom. The largest absolute Gasteiger partial charge is 0.495 e. The highest BCUT2D eigenvalue weighted by Crippen LogP contribution is 2.41. The van der Waals surface area contributed by atoms with E-state index >= 15 is 0 Å². The molecule has 7 heteroatoms. The molecule has 0 unspecified atom stereocenters. The molecule has 2 aromatic carbocycles. The quantitative estimate of drug-likeness (QED) is 0.814. The molecule has 4 nitrogen and oxygen atoms in total. The standard InChI is InChI=1S/C16H15Cl2NO3S/c1-10-9-11-5-3-4-6-12(11)19(10)23(20,21)14-8-7-13(22-2)15(17)16(14)18/h3-8,10H,9H2,1-2H3/t10-/m0/s1. The summed E-state index contributed by atoms with van der Waals surface area (Å²) in [5.41, 5.74) is 1.68. The van der Waals surface area contributed by atoms with Gasteiger partial charge in [0.2, 0.25) is 0 Å². The third-order valence-corrected chi connectivity index (χ3v) is 6.86. The Kier molecular flexibility index (Phi) is 4.21. The van der Waals surface area contributed by atoms with Crippen LogP contribution < -0.4 is 9.04 Å². The molecule has 23 heavy (non-hydrogen) atoms. The Labute approximate surface area is 145 Å². The summed E-state index contributed by atoms with van der Waals surface area (Å²) in [5.74, 6) is 0.338. The molecule has 0 saturated carbocycles. The Morgan fingerprint density at radius 3 is 2.52 bits per heavy atom. The monoisotopic (exact) mass is 371 g/mol. The molecule has 1 aliphatic rings. The molecule has 3 rings (SSSR count). The number of fused-ring (bicyclic) bond motifs is 1. The van der Waals surface area contributed by atoms with Gasteiger partial charge in [0.15, 0.2) is 0 Å². The molecule has 0 spiro atoms. The molecule has 122 valence electrons. The first kappa shape index (κ1) is 16.4. The predicted molar refractivity (Wildman–Crippen MR) is 92.3 cm³/mol. The zero-order chi connectivity index (χ0) is 16.8. The number of halogens is 2. The number of benzene rings is 2. The third-order valence-electron chi connectivity index (χ3n) is 3.91. The lowest BCUT2D eigenvalue weighted by atomic mass is 10.1. The highest BCUT2D eigenvalue weighted by atomic mass is 35.5. The molecule has 0 fully saturated rings. The van der Waals surface area contributed by atoms with E-state index in [2.05, 4.69) is 0 Å². The lowest BCUT2D eigenvalue weighted by Gasteiger charge is -2.25. The van der Waals surface area contributed by atoms with Gasteiger partial charge in [0.25, 0.3) is 10.0 Å². The second kappa shape index (κ2) is 5.89. The minimum Gasteiger partial charge on any atom is -0.495 e. The minimum atomic E-state index is -3.82. The number of sulfonamides is 1. The fourth-order valence-electron chi connectivity index (χ4n) is 2.88. The average Bonchev–Trinajstić information content (AvgIpc) is 2.86. The summed E-state index contributed by atoms with van der Waals surface area (Å²) in [5, 5.41) is 0.0676. The van der Waals surface area contributed by atoms with Gasteiger partial charge in [0.1, 0.15) is 15.7 Å². The number of hydrogen-bond acceptors (Lipinski definition) is 3. The summed E-state index contributed by atoms with van der Waals surface area (Å²) in [6.07, 6.45) is 0.664. The molecular formula is C16H15Cl2NO3S. The second-order valence-electron chi connectivity index (χ2n) is 5.38. The number of para-hydroxylation sites is 1. The van der Waals surface area contributed by atoms with Crippen molar-refractivity contribution in [2.24, 2.45) is 0 Å². The van der Waals surface area contributed by atoms with E-state index in [1.165, 1.54) is 23.5 Å². The molecule has 0 N–H and O–H groups in total. The van der Waals surface area contributed by atoms with Crippen LogP contribution in [0.15, 0.2) is 41.3 Å². The van der Waals surface area contributed by atoms with Gasteiger partial charge in [-0.1, -0.05) is 41.4 Å². The minimum absolute atomic E-state index is 0.0199. The molecule has 0 bridgehead atoms.